The summed E-state index contributed by atoms with van der Waals surface area (Å²) >= 11 is 0. The first-order chi connectivity index (χ1) is 8.57. The molecule has 2 aromatic rings. The Labute approximate surface area is 105 Å². The van der Waals surface area contributed by atoms with E-state index in [1.165, 1.54) is 13.2 Å². The van der Waals surface area contributed by atoms with Crippen LogP contribution in [0.3, 0.4) is 0 Å². The van der Waals surface area contributed by atoms with Crippen molar-refractivity contribution in [1.82, 2.24) is 4.98 Å². The van der Waals surface area contributed by atoms with Crippen molar-refractivity contribution in [2.45, 2.75) is 12.5 Å². The van der Waals surface area contributed by atoms with E-state index in [2.05, 4.69) is 4.98 Å². The van der Waals surface area contributed by atoms with Gasteiger partial charge < -0.3 is 10.5 Å². The number of nitrogens with zero attached hydrogens (tertiary/aromatic N) is 1. The lowest BCUT2D eigenvalue weighted by molar-refractivity contribution is 0.391. The summed E-state index contributed by atoms with van der Waals surface area (Å²) < 4.78 is 19.1. The lowest BCUT2D eigenvalue weighted by Crippen LogP contribution is -2.36. The number of halogens is 1. The van der Waals surface area contributed by atoms with E-state index in [0.717, 1.165) is 0 Å². The molecule has 0 saturated carbocycles. The normalized spacial score (nSPS) is 14.0. The molecule has 0 spiro atoms. The van der Waals surface area contributed by atoms with Gasteiger partial charge in [-0.25, -0.2) is 4.39 Å². The van der Waals surface area contributed by atoms with Crippen molar-refractivity contribution in [3.05, 3.63) is 59.7 Å². The average Bonchev–Trinajstić information content (AvgIpc) is 2.39. The van der Waals surface area contributed by atoms with Gasteiger partial charge in [-0.05, 0) is 25.1 Å². The lowest BCUT2D eigenvalue weighted by Gasteiger charge is -2.26. The maximum absolute atomic E-state index is 13.9. The molecular weight excluding hydrogens is 231 g/mol. The Balaban J connectivity index is 2.58. The summed E-state index contributed by atoms with van der Waals surface area (Å²) in [6.45, 7) is 1.72. The molecule has 0 aliphatic heterocycles. The Kier molecular flexibility index (Phi) is 3.30. The van der Waals surface area contributed by atoms with Gasteiger partial charge in [-0.15, -0.1) is 0 Å². The van der Waals surface area contributed by atoms with Gasteiger partial charge in [0.2, 0.25) is 0 Å². The molecule has 1 aromatic carbocycles. The van der Waals surface area contributed by atoms with Crippen molar-refractivity contribution in [3.63, 3.8) is 0 Å². The Hall–Kier alpha value is -1.94. The van der Waals surface area contributed by atoms with E-state index in [1.807, 2.05) is 0 Å². The van der Waals surface area contributed by atoms with E-state index in [0.29, 0.717) is 17.0 Å². The van der Waals surface area contributed by atoms with E-state index in [-0.39, 0.29) is 5.82 Å². The number of hydrogen-bond acceptors (Lipinski definition) is 3. The number of nitrogens with two attached hydrogens (primary N) is 1. The molecule has 0 aliphatic carbocycles. The maximum Gasteiger partial charge on any atom is 0.142 e. The molecule has 1 heterocycles. The Morgan fingerprint density at radius 1 is 1.22 bits per heavy atom. The molecule has 2 rings (SSSR count). The van der Waals surface area contributed by atoms with Gasteiger partial charge in [0.1, 0.15) is 17.3 Å². The third kappa shape index (κ3) is 2.07. The molecule has 0 amide bonds. The first kappa shape index (κ1) is 12.5. The summed E-state index contributed by atoms with van der Waals surface area (Å²) in [5.74, 6) is 0.195. The number of hydrogen-bond donors (Lipinski definition) is 1. The van der Waals surface area contributed by atoms with Crippen LogP contribution in [-0.4, -0.2) is 12.1 Å². The summed E-state index contributed by atoms with van der Waals surface area (Å²) in [4.78, 5) is 4.22. The highest BCUT2D eigenvalue weighted by Crippen LogP contribution is 2.32. The summed E-state index contributed by atoms with van der Waals surface area (Å²) in [5.41, 5.74) is 6.11. The first-order valence-corrected chi connectivity index (χ1v) is 5.60. The molecule has 0 aliphatic rings. The molecule has 94 valence electrons. The fourth-order valence-corrected chi connectivity index (χ4v) is 1.96. The Morgan fingerprint density at radius 2 is 1.94 bits per heavy atom. The number of pyridine rings is 1. The van der Waals surface area contributed by atoms with Crippen LogP contribution in [0.1, 0.15) is 18.2 Å². The monoisotopic (exact) mass is 246 g/mol. The largest absolute Gasteiger partial charge is 0.495 e. The topological polar surface area (TPSA) is 48.1 Å². The fraction of sp³-hybridized carbons (Fsp3) is 0.214. The quantitative estimate of drug-likeness (QED) is 0.905. The molecule has 0 fully saturated rings. The van der Waals surface area contributed by atoms with Gasteiger partial charge in [0, 0.05) is 11.8 Å². The van der Waals surface area contributed by atoms with Crippen LogP contribution in [0.25, 0.3) is 0 Å². The number of ether oxygens (including phenoxy) is 1. The lowest BCUT2D eigenvalue weighted by atomic mass is 9.88. The van der Waals surface area contributed by atoms with Gasteiger partial charge >= 0.3 is 0 Å². The van der Waals surface area contributed by atoms with Crippen molar-refractivity contribution in [1.29, 1.82) is 0 Å². The summed E-state index contributed by atoms with van der Waals surface area (Å²) in [5, 5.41) is 0. The van der Waals surface area contributed by atoms with E-state index < -0.39 is 5.54 Å². The van der Waals surface area contributed by atoms with Gasteiger partial charge in [-0.1, -0.05) is 18.2 Å². The highest BCUT2D eigenvalue weighted by atomic mass is 19.1. The number of benzene rings is 1. The number of aromatic nitrogens is 1. The zero-order chi connectivity index (χ0) is 13.2. The van der Waals surface area contributed by atoms with Crippen LogP contribution in [-0.2, 0) is 5.54 Å². The Morgan fingerprint density at radius 3 is 2.61 bits per heavy atom. The first-order valence-electron chi connectivity index (χ1n) is 5.60. The van der Waals surface area contributed by atoms with Gasteiger partial charge in [-0.2, -0.15) is 0 Å². The van der Waals surface area contributed by atoms with E-state index in [4.69, 9.17) is 10.5 Å². The van der Waals surface area contributed by atoms with Gasteiger partial charge in [0.25, 0.3) is 0 Å². The summed E-state index contributed by atoms with van der Waals surface area (Å²) in [6.07, 6.45) is 1.61. The molecule has 2 N–H and O–H groups in total. The highest BCUT2D eigenvalue weighted by molar-refractivity contribution is 5.41. The molecular formula is C14H15FN2O. The van der Waals surface area contributed by atoms with Crippen LogP contribution in [0.5, 0.6) is 5.75 Å². The maximum atomic E-state index is 13.9. The van der Waals surface area contributed by atoms with Gasteiger partial charge in [0.15, 0.2) is 0 Å². The molecule has 1 atom stereocenters. The van der Waals surface area contributed by atoms with E-state index in [1.54, 1.807) is 43.5 Å². The van der Waals surface area contributed by atoms with Crippen LogP contribution >= 0.6 is 0 Å². The van der Waals surface area contributed by atoms with Crippen LogP contribution in [0.2, 0.25) is 0 Å². The van der Waals surface area contributed by atoms with Crippen LogP contribution in [0, 0.1) is 5.82 Å². The molecule has 3 nitrogen and oxygen atoms in total. The fourth-order valence-electron chi connectivity index (χ4n) is 1.96. The summed E-state index contributed by atoms with van der Waals surface area (Å²) in [6, 6.07) is 9.93. The minimum absolute atomic E-state index is 0.352. The van der Waals surface area contributed by atoms with E-state index >= 15 is 0 Å². The highest BCUT2D eigenvalue weighted by Gasteiger charge is 2.31. The Bertz CT molecular complexity index is 555. The van der Waals surface area contributed by atoms with Crippen molar-refractivity contribution < 1.29 is 9.13 Å². The number of methoxy groups -OCH3 is 1. The van der Waals surface area contributed by atoms with Crippen LogP contribution in [0.4, 0.5) is 4.39 Å². The molecule has 4 heteroatoms. The summed E-state index contributed by atoms with van der Waals surface area (Å²) in [7, 11) is 1.54. The number of rotatable bonds is 3. The molecule has 18 heavy (non-hydrogen) atoms. The van der Waals surface area contributed by atoms with Gasteiger partial charge in [0.05, 0.1) is 12.6 Å². The van der Waals surface area contributed by atoms with Gasteiger partial charge in [-0.3, -0.25) is 4.98 Å². The van der Waals surface area contributed by atoms with Crippen molar-refractivity contribution in [2.24, 2.45) is 5.73 Å². The molecule has 0 radical (unpaired) electrons. The second-order valence-electron chi connectivity index (χ2n) is 4.24. The smallest absolute Gasteiger partial charge is 0.142 e. The predicted molar refractivity (Wildman–Crippen MR) is 67.8 cm³/mol. The van der Waals surface area contributed by atoms with E-state index in [9.17, 15) is 4.39 Å². The molecule has 1 unspecified atom stereocenters. The molecule has 0 saturated heterocycles. The average molecular weight is 246 g/mol. The van der Waals surface area contributed by atoms with Crippen LogP contribution < -0.4 is 10.5 Å². The van der Waals surface area contributed by atoms with Crippen molar-refractivity contribution >= 4 is 0 Å². The second kappa shape index (κ2) is 4.74. The zero-order valence-corrected chi connectivity index (χ0v) is 10.4. The second-order valence-corrected chi connectivity index (χ2v) is 4.24. The minimum atomic E-state index is -1.04. The van der Waals surface area contributed by atoms with Crippen molar-refractivity contribution in [2.75, 3.05) is 7.11 Å². The third-order valence-corrected chi connectivity index (χ3v) is 2.92. The van der Waals surface area contributed by atoms with Crippen molar-refractivity contribution in [3.8, 4) is 5.75 Å². The molecule has 1 aromatic heterocycles. The predicted octanol–water partition coefficient (Wildman–Crippen LogP) is 2.45. The van der Waals surface area contributed by atoms with Crippen LogP contribution in [0.15, 0.2) is 42.6 Å². The zero-order valence-electron chi connectivity index (χ0n) is 10.4. The SMILES string of the molecule is COc1cccnc1C(C)(N)c1ccccc1F. The standard InChI is InChI=1S/C14H15FN2O/c1-14(16,10-6-3-4-7-11(10)15)13-12(18-2)8-5-9-17-13/h3-9H,16H2,1-2H3. The third-order valence-electron chi connectivity index (χ3n) is 2.92. The minimum Gasteiger partial charge on any atom is -0.495 e. The molecule has 0 bridgehead atoms.